The van der Waals surface area contributed by atoms with Gasteiger partial charge in [-0.25, -0.2) is 29.0 Å². The lowest BCUT2D eigenvalue weighted by molar-refractivity contribution is -0.170. The summed E-state index contributed by atoms with van der Waals surface area (Å²) in [7, 11) is 1.75. The van der Waals surface area contributed by atoms with Gasteiger partial charge in [0.05, 0.1) is 5.69 Å². The lowest BCUT2D eigenvalue weighted by atomic mass is 10.1. The van der Waals surface area contributed by atoms with Gasteiger partial charge in [-0.3, -0.25) is 5.32 Å². The van der Waals surface area contributed by atoms with Gasteiger partial charge in [0, 0.05) is 31.7 Å². The van der Waals surface area contributed by atoms with Gasteiger partial charge in [-0.15, -0.1) is 16.3 Å². The molecule has 0 aliphatic rings. The van der Waals surface area contributed by atoms with E-state index in [4.69, 9.17) is 28.5 Å². The average molecular weight is 860 g/mol. The van der Waals surface area contributed by atoms with Crippen molar-refractivity contribution in [3.8, 4) is 17.0 Å². The summed E-state index contributed by atoms with van der Waals surface area (Å²) in [5, 5.41) is 20.2. The lowest BCUT2D eigenvalue weighted by Crippen LogP contribution is -2.37. The summed E-state index contributed by atoms with van der Waals surface area (Å²) in [6.45, 7) is 20.9. The summed E-state index contributed by atoms with van der Waals surface area (Å²) in [6, 6.07) is 6.81. The van der Waals surface area contributed by atoms with Crippen LogP contribution in [0.25, 0.3) is 11.3 Å². The number of oxime groups is 1. The first kappa shape index (κ1) is 48.4. The quantitative estimate of drug-likeness (QED) is 0.0508. The van der Waals surface area contributed by atoms with Crippen LogP contribution in [-0.2, 0) is 47.0 Å². The number of carbonyl (C=O) groups excluding carboxylic acids is 4. The van der Waals surface area contributed by atoms with Gasteiger partial charge in [-0.1, -0.05) is 5.16 Å². The van der Waals surface area contributed by atoms with Gasteiger partial charge >= 0.3 is 30.2 Å². The Morgan fingerprint density at radius 2 is 1.42 bits per heavy atom. The molecular weight excluding hydrogens is 803 g/mol. The SMILES string of the molecule is Cn1c(-c2ccc(OC[C@H](O/N=C(\C(=O)O)c3csc(NC(=O)OC(C)(C)C)n3)C(=O)OC(C)(C)C)cc2)cn(CCCNC(=O)OC(C)(C)C)c1=NC(=O)OC(C)(C)C. The molecule has 2 aromatic heterocycles. The molecule has 60 heavy (non-hydrogen) atoms. The zero-order valence-electron chi connectivity index (χ0n) is 36.5. The number of alkyl carbamates (subject to hydrolysis) is 1. The number of rotatable bonds is 14. The molecule has 3 N–H and O–H groups in total. The summed E-state index contributed by atoms with van der Waals surface area (Å²) in [5.74, 6) is -2.05. The van der Waals surface area contributed by atoms with Gasteiger partial charge in [0.25, 0.3) is 6.10 Å². The number of carbonyl (C=O) groups is 5. The molecule has 0 spiro atoms. The molecule has 3 amide bonds. The molecule has 2 heterocycles. The first-order chi connectivity index (χ1) is 27.6. The van der Waals surface area contributed by atoms with Crippen LogP contribution in [0.3, 0.4) is 0 Å². The molecule has 0 aliphatic carbocycles. The number of hydrogen-bond donors (Lipinski definition) is 3. The van der Waals surface area contributed by atoms with Crippen LogP contribution in [0.5, 0.6) is 5.75 Å². The smallest absolute Gasteiger partial charge is 0.437 e. The van der Waals surface area contributed by atoms with E-state index in [2.05, 4.69) is 25.8 Å². The number of aryl methyl sites for hydroxylation is 1. The Balaban J connectivity index is 1.84. The van der Waals surface area contributed by atoms with Crippen molar-refractivity contribution >= 4 is 52.4 Å². The molecule has 1 atom stereocenters. The van der Waals surface area contributed by atoms with Gasteiger partial charge in [0.15, 0.2) is 5.13 Å². The molecule has 0 aliphatic heterocycles. The van der Waals surface area contributed by atoms with Crippen LogP contribution in [0.1, 0.15) is 95.2 Å². The molecule has 0 radical (unpaired) electrons. The zero-order valence-corrected chi connectivity index (χ0v) is 37.3. The minimum Gasteiger partial charge on any atom is -0.489 e. The van der Waals surface area contributed by atoms with Gasteiger partial charge in [0.2, 0.25) is 11.3 Å². The second-order valence-electron chi connectivity index (χ2n) is 17.3. The Morgan fingerprint density at radius 3 is 1.98 bits per heavy atom. The van der Waals surface area contributed by atoms with E-state index in [1.54, 1.807) is 124 Å². The van der Waals surface area contributed by atoms with Crippen LogP contribution < -0.4 is 21.0 Å². The number of esters is 1. The lowest BCUT2D eigenvalue weighted by Gasteiger charge is -2.23. The second-order valence-corrected chi connectivity index (χ2v) is 18.2. The Bertz CT molecular complexity index is 2090. The molecule has 20 heteroatoms. The van der Waals surface area contributed by atoms with E-state index in [9.17, 15) is 29.1 Å². The summed E-state index contributed by atoms with van der Waals surface area (Å²) in [4.78, 5) is 76.3. The Hall–Kier alpha value is -5.92. The summed E-state index contributed by atoms with van der Waals surface area (Å²) >= 11 is 0.933. The fourth-order valence-electron chi connectivity index (χ4n) is 4.83. The van der Waals surface area contributed by atoms with Crippen molar-refractivity contribution < 1.29 is 57.6 Å². The van der Waals surface area contributed by atoms with Crippen molar-refractivity contribution in [3.63, 3.8) is 0 Å². The van der Waals surface area contributed by atoms with Gasteiger partial charge in [-0.05, 0) is 119 Å². The van der Waals surface area contributed by atoms with Crippen LogP contribution in [-0.4, -0.2) is 96.8 Å². The number of hydrogen-bond acceptors (Lipinski definition) is 14. The van der Waals surface area contributed by atoms with Crippen molar-refractivity contribution in [2.45, 2.75) is 125 Å². The highest BCUT2D eigenvalue weighted by atomic mass is 32.1. The summed E-state index contributed by atoms with van der Waals surface area (Å²) in [6.07, 6.45) is -1.29. The number of aliphatic carboxylic acids is 1. The summed E-state index contributed by atoms with van der Waals surface area (Å²) < 4.78 is 30.9. The highest BCUT2D eigenvalue weighted by molar-refractivity contribution is 7.14. The first-order valence-electron chi connectivity index (χ1n) is 19.0. The van der Waals surface area contributed by atoms with Crippen LogP contribution in [0, 0.1) is 0 Å². The van der Waals surface area contributed by atoms with Crippen LogP contribution >= 0.6 is 11.3 Å². The molecule has 3 aromatic rings. The molecule has 330 valence electrons. The number of imidazole rings is 1. The van der Waals surface area contributed by atoms with E-state index >= 15 is 0 Å². The van der Waals surface area contributed by atoms with E-state index in [0.717, 1.165) is 16.9 Å². The Labute approximate surface area is 353 Å². The van der Waals surface area contributed by atoms with Crippen molar-refractivity contribution in [1.29, 1.82) is 0 Å². The van der Waals surface area contributed by atoms with Crippen molar-refractivity contribution in [2.24, 2.45) is 17.2 Å². The third kappa shape index (κ3) is 16.7. The number of benzene rings is 1. The highest BCUT2D eigenvalue weighted by Crippen LogP contribution is 2.23. The largest absolute Gasteiger partial charge is 0.489 e. The molecule has 0 unspecified atom stereocenters. The van der Waals surface area contributed by atoms with Crippen LogP contribution in [0.15, 0.2) is 46.0 Å². The van der Waals surface area contributed by atoms with Gasteiger partial charge in [-0.2, -0.15) is 0 Å². The topological polar surface area (TPSA) is 232 Å². The standard InChI is InChI=1S/C40H57N7O12S/c1-37(2,3)55-31(50)28(59-45-29(30(48)49)26-23-60-32(42-26)43-35(52)57-39(7,8)9)22-54-25-17-15-24(16-18-25)27-21-47(20-14-19-41-34(51)56-38(4,5)6)33(46(27)13)44-36(53)58-40(10,11)12/h15-18,21,23,28H,14,19-20,22H2,1-13H3,(H,41,51)(H,48,49)(H,42,43,52)/b44-33?,45-29-/t28-/m0/s1. The van der Waals surface area contributed by atoms with Gasteiger partial charge in [0.1, 0.15) is 40.5 Å². The Morgan fingerprint density at radius 1 is 0.833 bits per heavy atom. The minimum absolute atomic E-state index is 0.0510. The predicted molar refractivity (Wildman–Crippen MR) is 222 cm³/mol. The maximum atomic E-state index is 13.2. The van der Waals surface area contributed by atoms with Gasteiger partial charge < -0.3 is 48.1 Å². The first-order valence-corrected chi connectivity index (χ1v) is 19.9. The van der Waals surface area contributed by atoms with E-state index in [0.29, 0.717) is 36.6 Å². The van der Waals surface area contributed by atoms with E-state index in [1.807, 2.05) is 6.20 Å². The maximum absolute atomic E-state index is 13.2. The molecule has 3 rings (SSSR count). The molecule has 0 saturated heterocycles. The van der Waals surface area contributed by atoms with Crippen molar-refractivity contribution in [2.75, 3.05) is 18.5 Å². The van der Waals surface area contributed by atoms with Crippen LogP contribution in [0.2, 0.25) is 0 Å². The van der Waals surface area contributed by atoms with Crippen LogP contribution in [0.4, 0.5) is 19.5 Å². The van der Waals surface area contributed by atoms with E-state index in [-0.39, 0.29) is 10.8 Å². The number of aromatic nitrogens is 3. The Kier molecular flexibility index (Phi) is 16.1. The number of amides is 3. The highest BCUT2D eigenvalue weighted by Gasteiger charge is 2.30. The number of anilines is 1. The van der Waals surface area contributed by atoms with E-state index in [1.165, 1.54) is 5.38 Å². The van der Waals surface area contributed by atoms with Crippen molar-refractivity contribution in [3.05, 3.63) is 47.2 Å². The number of carboxylic acid groups (broad SMARTS) is 1. The third-order valence-electron chi connectivity index (χ3n) is 7.07. The fourth-order valence-corrected chi connectivity index (χ4v) is 5.51. The number of nitrogens with one attached hydrogen (secondary N) is 2. The molecule has 1 aromatic carbocycles. The normalized spacial score (nSPS) is 13.2. The third-order valence-corrected chi connectivity index (χ3v) is 7.83. The minimum atomic E-state index is -1.51. The molecule has 0 fully saturated rings. The number of carboxylic acids is 1. The number of ether oxygens (including phenoxy) is 5. The molecule has 19 nitrogen and oxygen atoms in total. The average Bonchev–Trinajstić information content (AvgIpc) is 3.64. The fraction of sp³-hybridized carbons (Fsp3) is 0.550. The molecule has 0 bridgehead atoms. The number of thiazole rings is 1. The van der Waals surface area contributed by atoms with Crippen molar-refractivity contribution in [1.82, 2.24) is 19.4 Å². The summed E-state index contributed by atoms with van der Waals surface area (Å²) in [5.41, 5.74) is -2.17. The second kappa shape index (κ2) is 19.9. The monoisotopic (exact) mass is 859 g/mol. The predicted octanol–water partition coefficient (Wildman–Crippen LogP) is 6.64. The van der Waals surface area contributed by atoms with E-state index < -0.39 is 71.0 Å². The molecular formula is C40H57N7O12S. The number of nitrogens with zero attached hydrogens (tertiary/aromatic N) is 5. The molecule has 0 saturated carbocycles. The maximum Gasteiger partial charge on any atom is 0.437 e. The zero-order chi connectivity index (χ0) is 45.2.